The summed E-state index contributed by atoms with van der Waals surface area (Å²) in [5.41, 5.74) is 2.16. The number of nitriles is 1. The Labute approximate surface area is 124 Å². The molecule has 0 radical (unpaired) electrons. The zero-order valence-corrected chi connectivity index (χ0v) is 12.8. The fourth-order valence-corrected chi connectivity index (χ4v) is 3.03. The summed E-state index contributed by atoms with van der Waals surface area (Å²) < 4.78 is 14.9. The molecule has 1 heterocycles. The second kappa shape index (κ2) is 6.29. The van der Waals surface area contributed by atoms with E-state index in [2.05, 4.69) is 27.4 Å². The van der Waals surface area contributed by atoms with Gasteiger partial charge in [0, 0.05) is 18.7 Å². The highest BCUT2D eigenvalue weighted by atomic mass is 79.9. The van der Waals surface area contributed by atoms with Crippen molar-refractivity contribution in [2.45, 2.75) is 13.1 Å². The highest BCUT2D eigenvalue weighted by molar-refractivity contribution is 9.11. The maximum atomic E-state index is 13.8. The zero-order chi connectivity index (χ0) is 13.8. The molecule has 1 aromatic carbocycles. The third-order valence-corrected chi connectivity index (χ3v) is 4.25. The van der Waals surface area contributed by atoms with Gasteiger partial charge >= 0.3 is 0 Å². The summed E-state index contributed by atoms with van der Waals surface area (Å²) in [6, 6.07) is 8.60. The average molecular weight is 339 g/mol. The van der Waals surface area contributed by atoms with Gasteiger partial charge in [0.2, 0.25) is 0 Å². The van der Waals surface area contributed by atoms with Crippen molar-refractivity contribution in [2.75, 3.05) is 7.05 Å². The smallest absolute Gasteiger partial charge is 0.129 e. The highest BCUT2D eigenvalue weighted by Gasteiger charge is 2.08. The van der Waals surface area contributed by atoms with E-state index in [4.69, 9.17) is 5.26 Å². The number of rotatable bonds is 4. The molecule has 0 aliphatic carbocycles. The molecule has 2 rings (SSSR count). The number of benzene rings is 1. The van der Waals surface area contributed by atoms with E-state index in [0.29, 0.717) is 17.7 Å². The molecule has 0 fully saturated rings. The lowest BCUT2D eigenvalue weighted by Crippen LogP contribution is -2.17. The van der Waals surface area contributed by atoms with Gasteiger partial charge in [-0.15, -0.1) is 11.3 Å². The van der Waals surface area contributed by atoms with E-state index in [1.54, 1.807) is 23.5 Å². The molecule has 0 aliphatic rings. The SMILES string of the molecule is CN(Cc1csc(Br)c1)Cc1ccc(C#N)cc1F. The number of halogens is 2. The lowest BCUT2D eigenvalue weighted by atomic mass is 10.1. The molecule has 0 atom stereocenters. The van der Waals surface area contributed by atoms with Gasteiger partial charge in [-0.05, 0) is 52.1 Å². The van der Waals surface area contributed by atoms with Crippen molar-refractivity contribution in [2.24, 2.45) is 0 Å². The van der Waals surface area contributed by atoms with E-state index >= 15 is 0 Å². The van der Waals surface area contributed by atoms with E-state index in [1.807, 2.05) is 18.0 Å². The Balaban J connectivity index is 2.03. The normalized spacial score (nSPS) is 10.7. The predicted octanol–water partition coefficient (Wildman–Crippen LogP) is 4.15. The predicted molar refractivity (Wildman–Crippen MR) is 78.3 cm³/mol. The van der Waals surface area contributed by atoms with Crippen LogP contribution in [0.5, 0.6) is 0 Å². The molecule has 19 heavy (non-hydrogen) atoms. The second-order valence-electron chi connectivity index (χ2n) is 4.35. The van der Waals surface area contributed by atoms with E-state index in [0.717, 1.165) is 10.3 Å². The van der Waals surface area contributed by atoms with Gasteiger partial charge in [0.05, 0.1) is 15.4 Å². The van der Waals surface area contributed by atoms with Gasteiger partial charge in [-0.1, -0.05) is 6.07 Å². The van der Waals surface area contributed by atoms with Crippen molar-refractivity contribution in [3.63, 3.8) is 0 Å². The maximum absolute atomic E-state index is 13.8. The van der Waals surface area contributed by atoms with Crippen molar-refractivity contribution < 1.29 is 4.39 Å². The van der Waals surface area contributed by atoms with Gasteiger partial charge < -0.3 is 0 Å². The molecule has 0 saturated heterocycles. The Hall–Kier alpha value is -1.22. The standard InChI is InChI=1S/C14H12BrFN2S/c1-18(7-11-5-14(15)19-9-11)8-12-3-2-10(6-17)4-13(12)16/h2-5,9H,7-8H2,1H3. The fourth-order valence-electron chi connectivity index (χ4n) is 1.83. The first-order valence-corrected chi connectivity index (χ1v) is 7.35. The molecule has 0 spiro atoms. The van der Waals surface area contributed by atoms with Crippen LogP contribution in [0.3, 0.4) is 0 Å². The Kier molecular flexibility index (Phi) is 4.70. The monoisotopic (exact) mass is 338 g/mol. The van der Waals surface area contributed by atoms with Gasteiger partial charge in [-0.3, -0.25) is 4.90 Å². The molecule has 0 amide bonds. The van der Waals surface area contributed by atoms with Gasteiger partial charge in [-0.2, -0.15) is 5.26 Å². The molecule has 2 aromatic rings. The molecule has 98 valence electrons. The Morgan fingerprint density at radius 3 is 2.74 bits per heavy atom. The number of hydrogen-bond acceptors (Lipinski definition) is 3. The first kappa shape index (κ1) is 14.2. The minimum Gasteiger partial charge on any atom is -0.298 e. The van der Waals surface area contributed by atoms with Crippen LogP contribution in [0.1, 0.15) is 16.7 Å². The van der Waals surface area contributed by atoms with Crippen LogP contribution in [0.4, 0.5) is 4.39 Å². The van der Waals surface area contributed by atoms with Crippen molar-refractivity contribution in [3.05, 3.63) is 55.9 Å². The number of thiophene rings is 1. The largest absolute Gasteiger partial charge is 0.298 e. The van der Waals surface area contributed by atoms with Crippen LogP contribution in [0.2, 0.25) is 0 Å². The minimum absolute atomic E-state index is 0.322. The first-order chi connectivity index (χ1) is 9.08. The number of nitrogens with zero attached hydrogens (tertiary/aromatic N) is 2. The number of hydrogen-bond donors (Lipinski definition) is 0. The second-order valence-corrected chi connectivity index (χ2v) is 6.64. The summed E-state index contributed by atoms with van der Waals surface area (Å²) in [6.45, 7) is 1.28. The lowest BCUT2D eigenvalue weighted by molar-refractivity contribution is 0.314. The molecular formula is C14H12BrFN2S. The topological polar surface area (TPSA) is 27.0 Å². The minimum atomic E-state index is -0.322. The molecule has 5 heteroatoms. The summed E-state index contributed by atoms with van der Waals surface area (Å²) in [7, 11) is 1.95. The van der Waals surface area contributed by atoms with Crippen molar-refractivity contribution >= 4 is 27.3 Å². The molecule has 2 nitrogen and oxygen atoms in total. The third kappa shape index (κ3) is 3.87. The third-order valence-electron chi connectivity index (χ3n) is 2.70. The van der Waals surface area contributed by atoms with Gasteiger partial charge in [0.15, 0.2) is 0 Å². The highest BCUT2D eigenvalue weighted by Crippen LogP contribution is 2.22. The molecule has 0 saturated carbocycles. The summed E-state index contributed by atoms with van der Waals surface area (Å²) in [4.78, 5) is 2.04. The fraction of sp³-hybridized carbons (Fsp3) is 0.214. The van der Waals surface area contributed by atoms with Gasteiger partial charge in [0.25, 0.3) is 0 Å². The van der Waals surface area contributed by atoms with Crippen LogP contribution < -0.4 is 0 Å². The molecule has 0 aliphatic heterocycles. The molecule has 1 aromatic heterocycles. The van der Waals surface area contributed by atoms with Crippen LogP contribution in [0, 0.1) is 17.1 Å². The Morgan fingerprint density at radius 2 is 2.16 bits per heavy atom. The zero-order valence-electron chi connectivity index (χ0n) is 10.4. The average Bonchev–Trinajstić information content (AvgIpc) is 2.77. The van der Waals surface area contributed by atoms with E-state index in [9.17, 15) is 4.39 Å². The summed E-state index contributed by atoms with van der Waals surface area (Å²) >= 11 is 5.07. The van der Waals surface area contributed by atoms with E-state index in [1.165, 1.54) is 11.6 Å². The van der Waals surface area contributed by atoms with E-state index in [-0.39, 0.29) is 5.82 Å². The van der Waals surface area contributed by atoms with Crippen LogP contribution in [-0.2, 0) is 13.1 Å². The summed E-state index contributed by atoms with van der Waals surface area (Å²) in [6.07, 6.45) is 0. The van der Waals surface area contributed by atoms with Crippen LogP contribution in [-0.4, -0.2) is 11.9 Å². The maximum Gasteiger partial charge on any atom is 0.129 e. The lowest BCUT2D eigenvalue weighted by Gasteiger charge is -2.16. The first-order valence-electron chi connectivity index (χ1n) is 5.68. The molecular weight excluding hydrogens is 327 g/mol. The Morgan fingerprint density at radius 1 is 1.37 bits per heavy atom. The van der Waals surface area contributed by atoms with Crippen LogP contribution in [0.15, 0.2) is 33.4 Å². The van der Waals surface area contributed by atoms with Crippen molar-refractivity contribution in [1.29, 1.82) is 5.26 Å². The molecule has 0 bridgehead atoms. The van der Waals surface area contributed by atoms with Crippen LogP contribution >= 0.6 is 27.3 Å². The van der Waals surface area contributed by atoms with Gasteiger partial charge in [0.1, 0.15) is 5.82 Å². The van der Waals surface area contributed by atoms with E-state index < -0.39 is 0 Å². The molecule has 0 N–H and O–H groups in total. The van der Waals surface area contributed by atoms with Crippen LogP contribution in [0.25, 0.3) is 0 Å². The van der Waals surface area contributed by atoms with Crippen molar-refractivity contribution in [3.8, 4) is 6.07 Å². The summed E-state index contributed by atoms with van der Waals surface area (Å²) in [5.74, 6) is -0.322. The quantitative estimate of drug-likeness (QED) is 0.837. The molecule has 0 unspecified atom stereocenters. The van der Waals surface area contributed by atoms with Gasteiger partial charge in [-0.25, -0.2) is 4.39 Å². The Bertz CT molecular complexity index is 618. The van der Waals surface area contributed by atoms with Crippen molar-refractivity contribution in [1.82, 2.24) is 4.90 Å². The summed E-state index contributed by atoms with van der Waals surface area (Å²) in [5, 5.41) is 10.8.